The van der Waals surface area contributed by atoms with E-state index >= 15 is 0 Å². The summed E-state index contributed by atoms with van der Waals surface area (Å²) in [6.45, 7) is 7.59. The van der Waals surface area contributed by atoms with Gasteiger partial charge in [0.1, 0.15) is 5.84 Å². The second-order valence-electron chi connectivity index (χ2n) is 4.94. The number of oxime groups is 1. The molecule has 7 heteroatoms. The van der Waals surface area contributed by atoms with Crippen LogP contribution in [0.1, 0.15) is 38.6 Å². The molecule has 0 spiro atoms. The summed E-state index contributed by atoms with van der Waals surface area (Å²) in [4.78, 5) is 2.12. The predicted molar refractivity (Wildman–Crippen MR) is 81.2 cm³/mol. The van der Waals surface area contributed by atoms with Gasteiger partial charge in [0.25, 0.3) is 0 Å². The van der Waals surface area contributed by atoms with Crippen molar-refractivity contribution in [3.05, 3.63) is 16.4 Å². The van der Waals surface area contributed by atoms with Crippen LogP contribution < -0.4 is 5.73 Å². The zero-order valence-electron chi connectivity index (χ0n) is 12.6. The number of halogens is 1. The Hall–Kier alpha value is -1.27. The molecule has 0 aromatic carbocycles. The van der Waals surface area contributed by atoms with Crippen LogP contribution in [0.5, 0.6) is 0 Å². The monoisotopic (exact) mass is 301 g/mol. The lowest BCUT2D eigenvalue weighted by molar-refractivity contribution is 0.244. The number of hydrogen-bond donors (Lipinski definition) is 2. The molecule has 0 aliphatic rings. The van der Waals surface area contributed by atoms with Crippen LogP contribution in [-0.2, 0) is 19.5 Å². The van der Waals surface area contributed by atoms with Crippen LogP contribution in [0.15, 0.2) is 5.16 Å². The third-order valence-electron chi connectivity index (χ3n) is 3.48. The zero-order valence-corrected chi connectivity index (χ0v) is 13.4. The van der Waals surface area contributed by atoms with E-state index in [4.69, 9.17) is 22.5 Å². The van der Waals surface area contributed by atoms with Crippen molar-refractivity contribution in [2.75, 3.05) is 7.05 Å². The number of nitrogens with zero attached hydrogens (tertiary/aromatic N) is 4. The molecule has 1 aromatic heterocycles. The van der Waals surface area contributed by atoms with Gasteiger partial charge in [-0.15, -0.1) is 0 Å². The molecule has 1 heterocycles. The van der Waals surface area contributed by atoms with E-state index < -0.39 is 0 Å². The predicted octanol–water partition coefficient (Wildman–Crippen LogP) is 2.08. The average molecular weight is 302 g/mol. The molecule has 0 aliphatic heterocycles. The van der Waals surface area contributed by atoms with Gasteiger partial charge in [-0.1, -0.05) is 23.7 Å². The molecule has 20 heavy (non-hydrogen) atoms. The number of nitrogens with two attached hydrogens (primary N) is 1. The number of hydrogen-bond acceptors (Lipinski definition) is 4. The molecule has 0 radical (unpaired) electrons. The molecular formula is C13H24ClN5O. The van der Waals surface area contributed by atoms with Crippen LogP contribution in [0.3, 0.4) is 0 Å². The minimum Gasteiger partial charge on any atom is -0.409 e. The Morgan fingerprint density at radius 3 is 2.70 bits per heavy atom. The van der Waals surface area contributed by atoms with Gasteiger partial charge in [-0.3, -0.25) is 9.58 Å². The Morgan fingerprint density at radius 1 is 1.55 bits per heavy atom. The molecule has 0 bridgehead atoms. The van der Waals surface area contributed by atoms with E-state index in [1.54, 1.807) is 0 Å². The van der Waals surface area contributed by atoms with Crippen LogP contribution in [0.25, 0.3) is 0 Å². The van der Waals surface area contributed by atoms with Gasteiger partial charge in [0.2, 0.25) is 0 Å². The summed E-state index contributed by atoms with van der Waals surface area (Å²) in [5.74, 6) is 0.230. The first-order valence-electron chi connectivity index (χ1n) is 6.85. The number of amidine groups is 1. The van der Waals surface area contributed by atoms with E-state index in [1.165, 1.54) is 0 Å². The van der Waals surface area contributed by atoms with Crippen molar-refractivity contribution in [3.63, 3.8) is 0 Å². The maximum atomic E-state index is 8.63. The third kappa shape index (κ3) is 3.86. The fourth-order valence-electron chi connectivity index (χ4n) is 2.06. The Balaban J connectivity index is 2.84. The third-order valence-corrected chi connectivity index (χ3v) is 3.92. The van der Waals surface area contributed by atoms with Crippen molar-refractivity contribution in [3.8, 4) is 0 Å². The number of rotatable bonds is 7. The zero-order chi connectivity index (χ0) is 15.3. The molecule has 0 fully saturated rings. The molecule has 1 atom stereocenters. The maximum absolute atomic E-state index is 8.63. The van der Waals surface area contributed by atoms with Gasteiger partial charge in [0.15, 0.2) is 0 Å². The second-order valence-corrected chi connectivity index (χ2v) is 5.31. The summed E-state index contributed by atoms with van der Waals surface area (Å²) in [5.41, 5.74) is 7.49. The fraction of sp³-hybridized carbons (Fsp3) is 0.692. The summed E-state index contributed by atoms with van der Waals surface area (Å²) in [5, 5.41) is 16.9. The Morgan fingerprint density at radius 2 is 2.20 bits per heavy atom. The van der Waals surface area contributed by atoms with Crippen LogP contribution >= 0.6 is 11.6 Å². The standard InChI is InChI=1S/C13H24ClN5O/c1-5-10-13(14)11(19(6-2)16-10)8-18(4)9(3)7-12(15)17-20/h9,20H,5-8H2,1-4H3,(H2,15,17). The molecule has 0 saturated carbocycles. The van der Waals surface area contributed by atoms with Gasteiger partial charge in [0.05, 0.1) is 16.4 Å². The van der Waals surface area contributed by atoms with Gasteiger partial charge >= 0.3 is 0 Å². The molecule has 0 aliphatic carbocycles. The lowest BCUT2D eigenvalue weighted by Gasteiger charge is -2.24. The number of aromatic nitrogens is 2. The Kier molecular flexibility index (Phi) is 6.29. The Labute approximate surface area is 125 Å². The second kappa shape index (κ2) is 7.50. The van der Waals surface area contributed by atoms with Crippen LogP contribution in [0, 0.1) is 0 Å². The van der Waals surface area contributed by atoms with Gasteiger partial charge in [-0.2, -0.15) is 5.10 Å². The number of aryl methyl sites for hydroxylation is 2. The first kappa shape index (κ1) is 16.8. The highest BCUT2D eigenvalue weighted by atomic mass is 35.5. The molecule has 3 N–H and O–H groups in total. The molecule has 1 aromatic rings. The highest BCUT2D eigenvalue weighted by Crippen LogP contribution is 2.23. The first-order valence-corrected chi connectivity index (χ1v) is 7.22. The van der Waals surface area contributed by atoms with Crippen LogP contribution in [0.4, 0.5) is 0 Å². The van der Waals surface area contributed by atoms with Crippen molar-refractivity contribution in [2.24, 2.45) is 10.9 Å². The lowest BCUT2D eigenvalue weighted by atomic mass is 10.2. The van der Waals surface area contributed by atoms with Crippen molar-refractivity contribution < 1.29 is 5.21 Å². The molecular weight excluding hydrogens is 278 g/mol. The van der Waals surface area contributed by atoms with E-state index in [1.807, 2.05) is 32.5 Å². The summed E-state index contributed by atoms with van der Waals surface area (Å²) in [6, 6.07) is 0.146. The van der Waals surface area contributed by atoms with Gasteiger partial charge in [-0.05, 0) is 27.3 Å². The summed E-state index contributed by atoms with van der Waals surface area (Å²) in [7, 11) is 1.99. The van der Waals surface area contributed by atoms with E-state index in [0.29, 0.717) is 13.0 Å². The van der Waals surface area contributed by atoms with Gasteiger partial charge in [0, 0.05) is 25.6 Å². The van der Waals surface area contributed by atoms with Crippen molar-refractivity contribution in [2.45, 2.75) is 52.7 Å². The molecule has 1 rings (SSSR count). The van der Waals surface area contributed by atoms with Crippen molar-refractivity contribution >= 4 is 17.4 Å². The normalized spacial score (nSPS) is 14.0. The van der Waals surface area contributed by atoms with E-state index in [9.17, 15) is 0 Å². The molecule has 1 unspecified atom stereocenters. The summed E-state index contributed by atoms with van der Waals surface area (Å²) < 4.78 is 1.94. The van der Waals surface area contributed by atoms with E-state index in [0.717, 1.165) is 29.4 Å². The van der Waals surface area contributed by atoms with Crippen LogP contribution in [-0.4, -0.2) is 38.8 Å². The topological polar surface area (TPSA) is 79.7 Å². The van der Waals surface area contributed by atoms with E-state index in [-0.39, 0.29) is 11.9 Å². The molecule has 6 nitrogen and oxygen atoms in total. The van der Waals surface area contributed by atoms with Crippen LogP contribution in [0.2, 0.25) is 5.02 Å². The quantitative estimate of drug-likeness (QED) is 0.350. The summed E-state index contributed by atoms with van der Waals surface area (Å²) in [6.07, 6.45) is 1.33. The molecule has 0 amide bonds. The highest BCUT2D eigenvalue weighted by molar-refractivity contribution is 6.31. The average Bonchev–Trinajstić information content (AvgIpc) is 2.74. The largest absolute Gasteiger partial charge is 0.409 e. The highest BCUT2D eigenvalue weighted by Gasteiger charge is 2.18. The minimum atomic E-state index is 0.146. The lowest BCUT2D eigenvalue weighted by Crippen LogP contribution is -2.33. The fourth-order valence-corrected chi connectivity index (χ4v) is 2.39. The van der Waals surface area contributed by atoms with E-state index in [2.05, 4.69) is 15.2 Å². The van der Waals surface area contributed by atoms with Gasteiger partial charge in [-0.25, -0.2) is 0 Å². The molecule has 0 saturated heterocycles. The smallest absolute Gasteiger partial charge is 0.140 e. The summed E-state index contributed by atoms with van der Waals surface area (Å²) >= 11 is 6.39. The SMILES string of the molecule is CCc1nn(CC)c(CN(C)C(C)CC(N)=NO)c1Cl. The first-order chi connectivity index (χ1) is 9.44. The maximum Gasteiger partial charge on any atom is 0.140 e. The Bertz CT molecular complexity index is 472. The molecule has 114 valence electrons. The minimum absolute atomic E-state index is 0.146. The van der Waals surface area contributed by atoms with Crippen molar-refractivity contribution in [1.29, 1.82) is 0 Å². The van der Waals surface area contributed by atoms with Crippen molar-refractivity contribution in [1.82, 2.24) is 14.7 Å². The van der Waals surface area contributed by atoms with Gasteiger partial charge < -0.3 is 10.9 Å².